The quantitative estimate of drug-likeness (QED) is 0.485. The van der Waals surface area contributed by atoms with Crippen LogP contribution in [-0.4, -0.2) is 47.3 Å². The van der Waals surface area contributed by atoms with E-state index in [9.17, 15) is 9.59 Å². The predicted molar refractivity (Wildman–Crippen MR) is 137 cm³/mol. The molecule has 2 amide bonds. The third kappa shape index (κ3) is 7.19. The number of nitrogens with zero attached hydrogens (tertiary/aromatic N) is 2. The number of likely N-dealkylation sites (tertiary alicyclic amines) is 1. The predicted octanol–water partition coefficient (Wildman–Crippen LogP) is 5.65. The lowest BCUT2D eigenvalue weighted by Gasteiger charge is -2.36. The molecule has 4 heteroatoms. The van der Waals surface area contributed by atoms with E-state index < -0.39 is 0 Å². The van der Waals surface area contributed by atoms with Crippen LogP contribution in [0, 0.1) is 5.92 Å². The fraction of sp³-hybridized carbons (Fsp3) is 0.533. The normalized spacial score (nSPS) is 17.5. The number of carbonyl (C=O) groups is 2. The van der Waals surface area contributed by atoms with E-state index in [0.29, 0.717) is 31.3 Å². The van der Waals surface area contributed by atoms with Crippen LogP contribution < -0.4 is 0 Å². The van der Waals surface area contributed by atoms with Gasteiger partial charge < -0.3 is 9.80 Å². The van der Waals surface area contributed by atoms with Gasteiger partial charge in [0.15, 0.2) is 0 Å². The van der Waals surface area contributed by atoms with Crippen molar-refractivity contribution in [1.29, 1.82) is 0 Å². The standard InChI is InChI=1S/C30H40N2O2/c33-29(31-21-18-27(19-22-31)24-26-12-6-2-7-13-26)20-23-32(28-14-8-3-9-15-28)30(34)17-16-25-10-4-1-5-11-25/h1-2,4-7,10-13,27-28H,3,8-9,14-24H2. The van der Waals surface area contributed by atoms with Crippen LogP contribution in [0.4, 0.5) is 0 Å². The maximum Gasteiger partial charge on any atom is 0.224 e. The summed E-state index contributed by atoms with van der Waals surface area (Å²) in [6.45, 7) is 2.27. The Morgan fingerprint density at radius 1 is 0.765 bits per heavy atom. The Morgan fingerprint density at radius 2 is 1.38 bits per heavy atom. The van der Waals surface area contributed by atoms with Crippen molar-refractivity contribution < 1.29 is 9.59 Å². The first kappa shape index (κ1) is 24.5. The zero-order chi connectivity index (χ0) is 23.6. The molecule has 34 heavy (non-hydrogen) atoms. The molecule has 4 rings (SSSR count). The molecule has 1 saturated carbocycles. The zero-order valence-electron chi connectivity index (χ0n) is 20.5. The Bertz CT molecular complexity index is 885. The van der Waals surface area contributed by atoms with Gasteiger partial charge >= 0.3 is 0 Å². The monoisotopic (exact) mass is 460 g/mol. The highest BCUT2D eigenvalue weighted by molar-refractivity contribution is 5.79. The maximum atomic E-state index is 13.2. The van der Waals surface area contributed by atoms with Crippen LogP contribution in [0.2, 0.25) is 0 Å². The molecule has 2 aromatic rings. The third-order valence-electron chi connectivity index (χ3n) is 7.71. The van der Waals surface area contributed by atoms with Gasteiger partial charge in [0.2, 0.25) is 11.8 Å². The molecule has 1 saturated heterocycles. The zero-order valence-corrected chi connectivity index (χ0v) is 20.5. The molecular formula is C30H40N2O2. The third-order valence-corrected chi connectivity index (χ3v) is 7.71. The molecule has 2 aromatic carbocycles. The second-order valence-corrected chi connectivity index (χ2v) is 10.1. The summed E-state index contributed by atoms with van der Waals surface area (Å²) in [5.74, 6) is 1.09. The molecule has 1 aliphatic heterocycles. The highest BCUT2D eigenvalue weighted by Gasteiger charge is 2.28. The Labute approximate surface area is 205 Å². The molecule has 0 unspecified atom stereocenters. The van der Waals surface area contributed by atoms with E-state index in [-0.39, 0.29) is 11.8 Å². The highest BCUT2D eigenvalue weighted by atomic mass is 16.2. The number of hydrogen-bond acceptors (Lipinski definition) is 2. The van der Waals surface area contributed by atoms with Crippen LogP contribution in [-0.2, 0) is 22.4 Å². The van der Waals surface area contributed by atoms with Crippen LogP contribution in [0.1, 0.15) is 68.9 Å². The van der Waals surface area contributed by atoms with Gasteiger partial charge in [-0.25, -0.2) is 0 Å². The lowest BCUT2D eigenvalue weighted by Crippen LogP contribution is -2.45. The second kappa shape index (κ2) is 12.7. The maximum absolute atomic E-state index is 13.2. The number of hydrogen-bond donors (Lipinski definition) is 0. The Balaban J connectivity index is 1.26. The van der Waals surface area contributed by atoms with Crippen molar-refractivity contribution in [3.8, 4) is 0 Å². The summed E-state index contributed by atoms with van der Waals surface area (Å²) in [6.07, 6.45) is 10.8. The summed E-state index contributed by atoms with van der Waals surface area (Å²) in [5, 5.41) is 0. The average molecular weight is 461 g/mol. The van der Waals surface area contributed by atoms with Crippen LogP contribution in [0.5, 0.6) is 0 Å². The molecular weight excluding hydrogens is 420 g/mol. The molecule has 0 bridgehead atoms. The minimum absolute atomic E-state index is 0.213. The second-order valence-electron chi connectivity index (χ2n) is 10.1. The summed E-state index contributed by atoms with van der Waals surface area (Å²) in [5.41, 5.74) is 2.60. The number of aryl methyl sites for hydroxylation is 1. The van der Waals surface area contributed by atoms with Gasteiger partial charge in [-0.15, -0.1) is 0 Å². The first-order valence-corrected chi connectivity index (χ1v) is 13.3. The van der Waals surface area contributed by atoms with E-state index in [2.05, 4.69) is 47.4 Å². The molecule has 182 valence electrons. The Morgan fingerprint density at radius 3 is 2.03 bits per heavy atom. The van der Waals surface area contributed by atoms with Gasteiger partial charge in [0.25, 0.3) is 0 Å². The van der Waals surface area contributed by atoms with E-state index in [1.807, 2.05) is 23.1 Å². The van der Waals surface area contributed by atoms with Crippen LogP contribution in [0.15, 0.2) is 60.7 Å². The van der Waals surface area contributed by atoms with Crippen molar-refractivity contribution in [2.45, 2.75) is 76.7 Å². The topological polar surface area (TPSA) is 40.6 Å². The van der Waals surface area contributed by atoms with Gasteiger partial charge in [0.05, 0.1) is 0 Å². The minimum atomic E-state index is 0.213. The number of benzene rings is 2. The summed E-state index contributed by atoms with van der Waals surface area (Å²) in [6, 6.07) is 21.2. The van der Waals surface area contributed by atoms with E-state index in [4.69, 9.17) is 0 Å². The van der Waals surface area contributed by atoms with Crippen molar-refractivity contribution in [2.75, 3.05) is 19.6 Å². The minimum Gasteiger partial charge on any atom is -0.343 e. The van der Waals surface area contributed by atoms with Crippen molar-refractivity contribution >= 4 is 11.8 Å². The van der Waals surface area contributed by atoms with Gasteiger partial charge in [-0.1, -0.05) is 79.9 Å². The molecule has 2 aliphatic rings. The molecule has 1 aliphatic carbocycles. The number of piperidine rings is 1. The van der Waals surface area contributed by atoms with Crippen LogP contribution in [0.3, 0.4) is 0 Å². The molecule has 0 radical (unpaired) electrons. The summed E-state index contributed by atoms with van der Waals surface area (Å²) >= 11 is 0. The molecule has 0 N–H and O–H groups in total. The molecule has 0 atom stereocenters. The van der Waals surface area contributed by atoms with Gasteiger partial charge in [-0.3, -0.25) is 9.59 Å². The summed E-state index contributed by atoms with van der Waals surface area (Å²) in [7, 11) is 0. The summed E-state index contributed by atoms with van der Waals surface area (Å²) < 4.78 is 0. The van der Waals surface area contributed by atoms with Gasteiger partial charge in [-0.2, -0.15) is 0 Å². The van der Waals surface area contributed by atoms with Gasteiger partial charge in [0.1, 0.15) is 0 Å². The SMILES string of the molecule is O=C(CCN(C(=O)CCc1ccccc1)C1CCCCC1)N1CCC(Cc2ccccc2)CC1. The van der Waals surface area contributed by atoms with Crippen LogP contribution in [0.25, 0.3) is 0 Å². The summed E-state index contributed by atoms with van der Waals surface area (Å²) in [4.78, 5) is 30.4. The van der Waals surface area contributed by atoms with Crippen molar-refractivity contribution in [3.05, 3.63) is 71.8 Å². The average Bonchev–Trinajstić information content (AvgIpc) is 2.90. The highest BCUT2D eigenvalue weighted by Crippen LogP contribution is 2.25. The lowest BCUT2D eigenvalue weighted by atomic mass is 9.90. The van der Waals surface area contributed by atoms with E-state index in [1.54, 1.807) is 0 Å². The van der Waals surface area contributed by atoms with E-state index in [1.165, 1.54) is 30.4 Å². The fourth-order valence-electron chi connectivity index (χ4n) is 5.65. The number of rotatable bonds is 9. The lowest BCUT2D eigenvalue weighted by molar-refractivity contribution is -0.137. The van der Waals surface area contributed by atoms with Crippen LogP contribution >= 0.6 is 0 Å². The largest absolute Gasteiger partial charge is 0.343 e. The van der Waals surface area contributed by atoms with Crippen molar-refractivity contribution in [2.24, 2.45) is 5.92 Å². The molecule has 2 fully saturated rings. The van der Waals surface area contributed by atoms with Crippen molar-refractivity contribution in [1.82, 2.24) is 9.80 Å². The molecule has 4 nitrogen and oxygen atoms in total. The first-order valence-electron chi connectivity index (χ1n) is 13.3. The van der Waals surface area contributed by atoms with E-state index >= 15 is 0 Å². The molecule has 0 spiro atoms. The van der Waals surface area contributed by atoms with Crippen molar-refractivity contribution in [3.63, 3.8) is 0 Å². The van der Waals surface area contributed by atoms with Gasteiger partial charge in [0, 0.05) is 38.5 Å². The molecule has 1 heterocycles. The molecule has 0 aromatic heterocycles. The van der Waals surface area contributed by atoms with E-state index in [0.717, 1.165) is 51.6 Å². The first-order chi connectivity index (χ1) is 16.7. The number of amides is 2. The number of carbonyl (C=O) groups excluding carboxylic acids is 2. The fourth-order valence-corrected chi connectivity index (χ4v) is 5.65. The Kier molecular flexibility index (Phi) is 9.18. The Hall–Kier alpha value is -2.62. The smallest absolute Gasteiger partial charge is 0.224 e. The van der Waals surface area contributed by atoms with Gasteiger partial charge in [-0.05, 0) is 55.6 Å².